The summed E-state index contributed by atoms with van der Waals surface area (Å²) in [5.41, 5.74) is 0.0908. The SMILES string of the molecule is CC(=O)c1ccc(N(C)CC(=O)O)c([N+](=O)[O-])c1. The molecule has 1 aromatic rings. The van der Waals surface area contributed by atoms with Gasteiger partial charge in [0, 0.05) is 18.7 Å². The molecule has 7 heteroatoms. The lowest BCUT2D eigenvalue weighted by Gasteiger charge is -2.16. The third-order valence-corrected chi connectivity index (χ3v) is 2.36. The third kappa shape index (κ3) is 3.03. The molecule has 0 amide bonds. The van der Waals surface area contributed by atoms with Crippen LogP contribution in [0.5, 0.6) is 0 Å². The Kier molecular flexibility index (Phi) is 3.98. The fourth-order valence-corrected chi connectivity index (χ4v) is 1.50. The van der Waals surface area contributed by atoms with E-state index < -0.39 is 10.9 Å². The van der Waals surface area contributed by atoms with Crippen molar-refractivity contribution in [2.24, 2.45) is 0 Å². The molecular weight excluding hydrogens is 240 g/mol. The molecule has 0 aliphatic carbocycles. The second-order valence-corrected chi connectivity index (χ2v) is 3.77. The molecule has 96 valence electrons. The van der Waals surface area contributed by atoms with Gasteiger partial charge in [-0.15, -0.1) is 0 Å². The number of anilines is 1. The monoisotopic (exact) mass is 252 g/mol. The number of nitro groups is 1. The van der Waals surface area contributed by atoms with Crippen LogP contribution in [0.25, 0.3) is 0 Å². The van der Waals surface area contributed by atoms with Crippen molar-refractivity contribution < 1.29 is 19.6 Å². The van der Waals surface area contributed by atoms with Crippen LogP contribution in [-0.4, -0.2) is 35.4 Å². The number of carboxylic acids is 1. The quantitative estimate of drug-likeness (QED) is 0.481. The number of carboxylic acid groups (broad SMARTS) is 1. The molecule has 1 rings (SSSR count). The van der Waals surface area contributed by atoms with Crippen molar-refractivity contribution in [2.75, 3.05) is 18.5 Å². The van der Waals surface area contributed by atoms with E-state index in [-0.39, 0.29) is 29.3 Å². The molecule has 18 heavy (non-hydrogen) atoms. The van der Waals surface area contributed by atoms with E-state index in [1.807, 2.05) is 0 Å². The minimum absolute atomic E-state index is 0.160. The van der Waals surface area contributed by atoms with Crippen molar-refractivity contribution in [3.05, 3.63) is 33.9 Å². The van der Waals surface area contributed by atoms with E-state index in [9.17, 15) is 19.7 Å². The molecule has 7 nitrogen and oxygen atoms in total. The van der Waals surface area contributed by atoms with Gasteiger partial charge in [0.05, 0.1) is 4.92 Å². The van der Waals surface area contributed by atoms with E-state index in [4.69, 9.17) is 5.11 Å². The molecule has 0 bridgehead atoms. The number of nitro benzene ring substituents is 1. The number of nitrogens with zero attached hydrogens (tertiary/aromatic N) is 2. The summed E-state index contributed by atoms with van der Waals surface area (Å²) >= 11 is 0. The van der Waals surface area contributed by atoms with Gasteiger partial charge in [0.15, 0.2) is 5.78 Å². The molecule has 0 atom stereocenters. The van der Waals surface area contributed by atoms with Crippen LogP contribution in [0.3, 0.4) is 0 Å². The average Bonchev–Trinajstić information content (AvgIpc) is 2.26. The Bertz CT molecular complexity index is 512. The van der Waals surface area contributed by atoms with Crippen LogP contribution in [0.1, 0.15) is 17.3 Å². The van der Waals surface area contributed by atoms with Gasteiger partial charge in [0.25, 0.3) is 5.69 Å². The highest BCUT2D eigenvalue weighted by Gasteiger charge is 2.20. The van der Waals surface area contributed by atoms with Crippen molar-refractivity contribution >= 4 is 23.1 Å². The van der Waals surface area contributed by atoms with Gasteiger partial charge in [-0.2, -0.15) is 0 Å². The topological polar surface area (TPSA) is 101 Å². The number of aliphatic carboxylic acids is 1. The first kappa shape index (κ1) is 13.6. The maximum atomic E-state index is 11.1. The summed E-state index contributed by atoms with van der Waals surface area (Å²) in [6, 6.07) is 3.96. The molecular formula is C11H12N2O5. The zero-order valence-corrected chi connectivity index (χ0v) is 9.91. The number of carbonyl (C=O) groups excluding carboxylic acids is 1. The molecule has 0 aliphatic rings. The number of likely N-dealkylation sites (N-methyl/N-ethyl adjacent to an activating group) is 1. The Hall–Kier alpha value is -2.44. The van der Waals surface area contributed by atoms with E-state index in [0.29, 0.717) is 0 Å². The van der Waals surface area contributed by atoms with Crippen LogP contribution < -0.4 is 4.90 Å². The number of rotatable bonds is 5. The Morgan fingerprint density at radius 3 is 2.50 bits per heavy atom. The number of Topliss-reactive ketones (excluding diaryl/α,β-unsaturated/α-hetero) is 1. The highest BCUT2D eigenvalue weighted by molar-refractivity contribution is 5.95. The zero-order valence-electron chi connectivity index (χ0n) is 9.91. The highest BCUT2D eigenvalue weighted by Crippen LogP contribution is 2.28. The molecule has 0 saturated heterocycles. The second kappa shape index (κ2) is 5.26. The van der Waals surface area contributed by atoms with Gasteiger partial charge in [0.1, 0.15) is 12.2 Å². The fourth-order valence-electron chi connectivity index (χ4n) is 1.50. The Balaban J connectivity index is 3.23. The molecule has 0 aromatic heterocycles. The molecule has 0 heterocycles. The van der Waals surface area contributed by atoms with Crippen molar-refractivity contribution in [3.63, 3.8) is 0 Å². The molecule has 0 saturated carbocycles. The van der Waals surface area contributed by atoms with Crippen molar-refractivity contribution in [1.29, 1.82) is 0 Å². The summed E-state index contributed by atoms with van der Waals surface area (Å²) in [5, 5.41) is 19.6. The van der Waals surface area contributed by atoms with Gasteiger partial charge in [-0.05, 0) is 19.1 Å². The van der Waals surface area contributed by atoms with Crippen LogP contribution in [0.15, 0.2) is 18.2 Å². The smallest absolute Gasteiger partial charge is 0.323 e. The summed E-state index contributed by atoms with van der Waals surface area (Å²) < 4.78 is 0. The normalized spacial score (nSPS) is 9.89. The van der Waals surface area contributed by atoms with E-state index >= 15 is 0 Å². The summed E-state index contributed by atoms with van der Waals surface area (Å²) in [6.07, 6.45) is 0. The Morgan fingerprint density at radius 2 is 2.06 bits per heavy atom. The van der Waals surface area contributed by atoms with Gasteiger partial charge >= 0.3 is 5.97 Å². The van der Waals surface area contributed by atoms with Gasteiger partial charge < -0.3 is 10.0 Å². The maximum absolute atomic E-state index is 11.1. The van der Waals surface area contributed by atoms with Crippen LogP contribution in [0.4, 0.5) is 11.4 Å². The molecule has 0 unspecified atom stereocenters. The first-order valence-electron chi connectivity index (χ1n) is 5.05. The molecule has 0 fully saturated rings. The predicted molar refractivity (Wildman–Crippen MR) is 64.0 cm³/mol. The molecule has 1 aromatic carbocycles. The number of ketones is 1. The lowest BCUT2D eigenvalue weighted by molar-refractivity contribution is -0.384. The van der Waals surface area contributed by atoms with Crippen molar-refractivity contribution in [2.45, 2.75) is 6.92 Å². The Morgan fingerprint density at radius 1 is 1.44 bits per heavy atom. The third-order valence-electron chi connectivity index (χ3n) is 2.36. The number of hydrogen-bond acceptors (Lipinski definition) is 5. The Labute approximate surface area is 103 Å². The number of carbonyl (C=O) groups is 2. The van der Waals surface area contributed by atoms with Crippen LogP contribution in [0, 0.1) is 10.1 Å². The van der Waals surface area contributed by atoms with E-state index in [0.717, 1.165) is 6.07 Å². The summed E-state index contributed by atoms with van der Waals surface area (Å²) in [4.78, 5) is 33.2. The number of benzene rings is 1. The van der Waals surface area contributed by atoms with Gasteiger partial charge in [-0.25, -0.2) is 0 Å². The molecule has 0 spiro atoms. The lowest BCUT2D eigenvalue weighted by Crippen LogP contribution is -2.25. The summed E-state index contributed by atoms with van der Waals surface area (Å²) in [5.74, 6) is -1.38. The standard InChI is InChI=1S/C11H12N2O5/c1-7(14)8-3-4-9(10(5-8)13(17)18)12(2)6-11(15)16/h3-5H,6H2,1-2H3,(H,15,16). The first-order valence-corrected chi connectivity index (χ1v) is 5.05. The van der Waals surface area contributed by atoms with Crippen LogP contribution >= 0.6 is 0 Å². The van der Waals surface area contributed by atoms with Gasteiger partial charge in [-0.3, -0.25) is 19.7 Å². The van der Waals surface area contributed by atoms with Crippen LogP contribution in [-0.2, 0) is 4.79 Å². The fraction of sp³-hybridized carbons (Fsp3) is 0.273. The van der Waals surface area contributed by atoms with Crippen molar-refractivity contribution in [3.8, 4) is 0 Å². The highest BCUT2D eigenvalue weighted by atomic mass is 16.6. The lowest BCUT2D eigenvalue weighted by atomic mass is 10.1. The zero-order chi connectivity index (χ0) is 13.9. The maximum Gasteiger partial charge on any atom is 0.323 e. The summed E-state index contributed by atoms with van der Waals surface area (Å²) in [7, 11) is 1.43. The largest absolute Gasteiger partial charge is 0.480 e. The predicted octanol–water partition coefficient (Wildman–Crippen LogP) is 1.32. The van der Waals surface area contributed by atoms with Gasteiger partial charge in [0.2, 0.25) is 0 Å². The van der Waals surface area contributed by atoms with E-state index in [1.165, 1.54) is 31.0 Å². The second-order valence-electron chi connectivity index (χ2n) is 3.77. The van der Waals surface area contributed by atoms with E-state index in [2.05, 4.69) is 0 Å². The minimum Gasteiger partial charge on any atom is -0.480 e. The first-order chi connectivity index (χ1) is 8.32. The minimum atomic E-state index is -1.09. The summed E-state index contributed by atoms with van der Waals surface area (Å²) in [6.45, 7) is 0.944. The van der Waals surface area contributed by atoms with E-state index in [1.54, 1.807) is 0 Å². The number of hydrogen-bond donors (Lipinski definition) is 1. The average molecular weight is 252 g/mol. The molecule has 0 radical (unpaired) electrons. The molecule has 0 aliphatic heterocycles. The van der Waals surface area contributed by atoms with Crippen LogP contribution in [0.2, 0.25) is 0 Å². The van der Waals surface area contributed by atoms with Crippen molar-refractivity contribution in [1.82, 2.24) is 0 Å². The van der Waals surface area contributed by atoms with Gasteiger partial charge in [-0.1, -0.05) is 0 Å². The molecule has 1 N–H and O–H groups in total.